The van der Waals surface area contributed by atoms with E-state index in [0.717, 1.165) is 128 Å². The van der Waals surface area contributed by atoms with E-state index in [2.05, 4.69) is 172 Å². The third-order valence-electron chi connectivity index (χ3n) is 11.1. The first-order chi connectivity index (χ1) is 36.0. The van der Waals surface area contributed by atoms with Gasteiger partial charge in [0.2, 0.25) is 0 Å². The molecule has 0 fully saturated rings. The molecule has 2 unspecified atom stereocenters. The summed E-state index contributed by atoms with van der Waals surface area (Å²) < 4.78 is 34.5. The Morgan fingerprint density at radius 3 is 1.11 bits per heavy atom. The summed E-state index contributed by atoms with van der Waals surface area (Å²) >= 11 is 0. The number of nitrogens with zero attached hydrogens (tertiary/aromatic N) is 1. The van der Waals surface area contributed by atoms with E-state index < -0.39 is 32.5 Å². The van der Waals surface area contributed by atoms with Gasteiger partial charge in [0.05, 0.1) is 27.7 Å². The SMILES string of the molecule is CC/C=C\C/C=C\C/C=C\C/C=C\C/C=C\C/C=C\C/C=C\CCCCCCCCCC(=O)OC(COC(=O)CCCC/C=C\C/C=C\C/C=C\C/C=C\C/C=C\C/C=C\CC)COP(=O)(O)OCC[N+](C)(C)C. The van der Waals surface area contributed by atoms with Crippen LogP contribution in [0.5, 0.6) is 0 Å². The Hall–Kier alpha value is -4.37. The van der Waals surface area contributed by atoms with Gasteiger partial charge in [-0.3, -0.25) is 18.6 Å². The molecule has 2 atom stereocenters. The summed E-state index contributed by atoms with van der Waals surface area (Å²) in [5.41, 5.74) is 0. The molecule has 0 spiro atoms. The Labute approximate surface area is 452 Å². The zero-order chi connectivity index (χ0) is 54.2. The number of carbonyl (C=O) groups excluding carboxylic acids is 2. The molecule has 0 rings (SSSR count). The number of hydrogen-bond donors (Lipinski definition) is 1. The van der Waals surface area contributed by atoms with Crippen LogP contribution in [-0.2, 0) is 32.7 Å². The molecule has 0 bridgehead atoms. The summed E-state index contributed by atoms with van der Waals surface area (Å²) in [4.78, 5) is 35.7. The van der Waals surface area contributed by atoms with Crippen molar-refractivity contribution in [2.24, 2.45) is 0 Å². The molecule has 0 radical (unpaired) electrons. The van der Waals surface area contributed by atoms with Gasteiger partial charge < -0.3 is 18.9 Å². The van der Waals surface area contributed by atoms with E-state index in [1.165, 1.54) is 12.8 Å². The molecule has 0 aliphatic heterocycles. The van der Waals surface area contributed by atoms with E-state index in [-0.39, 0.29) is 26.1 Å². The minimum atomic E-state index is -4.41. The van der Waals surface area contributed by atoms with Crippen molar-refractivity contribution < 1.29 is 42.1 Å². The Kier molecular flexibility index (Phi) is 50.3. The maximum atomic E-state index is 12.8. The van der Waals surface area contributed by atoms with Crippen LogP contribution in [-0.4, -0.2) is 74.9 Å². The Bertz CT molecular complexity index is 1800. The third-order valence-corrected chi connectivity index (χ3v) is 12.0. The van der Waals surface area contributed by atoms with Crippen LogP contribution in [0.1, 0.15) is 181 Å². The quantitative estimate of drug-likeness (QED) is 0.0211. The summed E-state index contributed by atoms with van der Waals surface area (Å²) in [5, 5.41) is 0. The molecule has 10 heteroatoms. The van der Waals surface area contributed by atoms with Crippen LogP contribution in [0.25, 0.3) is 0 Å². The minimum Gasteiger partial charge on any atom is -0.462 e. The number of hydrogen-bond acceptors (Lipinski definition) is 7. The molecule has 0 aromatic rings. The van der Waals surface area contributed by atoms with Crippen LogP contribution in [0.2, 0.25) is 0 Å². The summed E-state index contributed by atoms with van der Waals surface area (Å²) in [6, 6.07) is 0. The average Bonchev–Trinajstić information content (AvgIpc) is 3.36. The number of carbonyl (C=O) groups is 2. The molecule has 0 aliphatic rings. The van der Waals surface area contributed by atoms with Gasteiger partial charge in [0.15, 0.2) is 6.10 Å². The normalized spacial score (nSPS) is 14.5. The predicted octanol–water partition coefficient (Wildman–Crippen LogP) is 17.7. The van der Waals surface area contributed by atoms with Gasteiger partial charge in [-0.25, -0.2) is 4.57 Å². The fourth-order valence-electron chi connectivity index (χ4n) is 6.76. The molecular formula is C64H103NO8P+. The smallest absolute Gasteiger partial charge is 0.462 e. The number of likely N-dealkylation sites (N-methyl/N-ethyl adjacent to an activating group) is 1. The van der Waals surface area contributed by atoms with E-state index in [9.17, 15) is 19.0 Å². The zero-order valence-electron chi connectivity index (χ0n) is 47.0. The lowest BCUT2D eigenvalue weighted by Crippen LogP contribution is -2.37. The van der Waals surface area contributed by atoms with E-state index >= 15 is 0 Å². The number of allylic oxidation sites excluding steroid dienone is 26. The van der Waals surface area contributed by atoms with Crippen molar-refractivity contribution in [3.63, 3.8) is 0 Å². The number of phosphoric ester groups is 1. The van der Waals surface area contributed by atoms with Crippen molar-refractivity contribution in [2.75, 3.05) is 47.5 Å². The molecule has 0 amide bonds. The van der Waals surface area contributed by atoms with Crippen molar-refractivity contribution in [2.45, 2.75) is 187 Å². The molecule has 0 heterocycles. The van der Waals surface area contributed by atoms with E-state index in [0.29, 0.717) is 23.9 Å². The minimum absolute atomic E-state index is 0.0120. The Morgan fingerprint density at radius 2 is 0.730 bits per heavy atom. The van der Waals surface area contributed by atoms with Crippen LogP contribution in [0.3, 0.4) is 0 Å². The number of phosphoric acid groups is 1. The van der Waals surface area contributed by atoms with Crippen LogP contribution in [0.4, 0.5) is 0 Å². The standard InChI is InChI=1S/C64H102NO8P/c1-6-8-10-12-14-16-18-20-22-24-26-28-29-30-31-32-33-34-35-37-39-41-43-45-47-49-51-53-55-57-64(67)73-62(61-72-74(68,69)71-59-58-65(3,4)5)60-70-63(66)56-54-52-50-48-46-44-42-40-38-36-27-25-23-21-19-17-15-13-11-9-7-2/h8-11,14-17,20-23,26-28,30-31,33-34,36-37,39-40,42,46,48,62H,6-7,12-13,18-19,24-25,29,32,35,38,41,43-45,47,49-61H2,1-5H3/p+1/b10-8-,11-9-,16-14-,17-15-,22-20-,23-21-,28-26-,31-30-,34-33-,36-27-,39-37-,42-40-,48-46-. The first-order valence-corrected chi connectivity index (χ1v) is 29.7. The largest absolute Gasteiger partial charge is 0.472 e. The summed E-state index contributed by atoms with van der Waals surface area (Å²) in [6.45, 7) is 4.11. The van der Waals surface area contributed by atoms with E-state index in [1.807, 2.05) is 21.1 Å². The highest BCUT2D eigenvalue weighted by Crippen LogP contribution is 2.43. The van der Waals surface area contributed by atoms with E-state index in [4.69, 9.17) is 18.5 Å². The number of ether oxygens (including phenoxy) is 2. The highest BCUT2D eigenvalue weighted by atomic mass is 31.2. The fourth-order valence-corrected chi connectivity index (χ4v) is 7.50. The van der Waals surface area contributed by atoms with E-state index in [1.54, 1.807) is 0 Å². The molecule has 0 aromatic carbocycles. The molecular weight excluding hydrogens is 942 g/mol. The molecule has 0 saturated carbocycles. The average molecular weight is 1050 g/mol. The molecule has 0 saturated heterocycles. The number of esters is 2. The van der Waals surface area contributed by atoms with Crippen LogP contribution >= 0.6 is 7.82 Å². The highest BCUT2D eigenvalue weighted by Gasteiger charge is 2.27. The Morgan fingerprint density at radius 1 is 0.419 bits per heavy atom. The summed E-state index contributed by atoms with van der Waals surface area (Å²) in [7, 11) is 1.42. The number of quaternary nitrogens is 1. The van der Waals surface area contributed by atoms with Gasteiger partial charge in [0, 0.05) is 12.8 Å². The topological polar surface area (TPSA) is 108 Å². The second kappa shape index (κ2) is 53.5. The second-order valence-corrected chi connectivity index (χ2v) is 20.7. The lowest BCUT2D eigenvalue weighted by atomic mass is 10.1. The summed E-state index contributed by atoms with van der Waals surface area (Å²) in [6.07, 6.45) is 80.2. The number of unbranched alkanes of at least 4 members (excludes halogenated alkanes) is 9. The van der Waals surface area contributed by atoms with Gasteiger partial charge in [-0.15, -0.1) is 0 Å². The molecule has 74 heavy (non-hydrogen) atoms. The molecule has 1 N–H and O–H groups in total. The van der Waals surface area contributed by atoms with Gasteiger partial charge in [-0.1, -0.05) is 204 Å². The second-order valence-electron chi connectivity index (χ2n) is 19.2. The first kappa shape index (κ1) is 69.6. The summed E-state index contributed by atoms with van der Waals surface area (Å²) in [5.74, 6) is -0.877. The van der Waals surface area contributed by atoms with Crippen molar-refractivity contribution in [1.82, 2.24) is 0 Å². The lowest BCUT2D eigenvalue weighted by molar-refractivity contribution is -0.870. The van der Waals surface area contributed by atoms with Crippen molar-refractivity contribution in [1.29, 1.82) is 0 Å². The van der Waals surface area contributed by atoms with Crippen LogP contribution in [0, 0.1) is 0 Å². The van der Waals surface area contributed by atoms with Crippen molar-refractivity contribution in [3.8, 4) is 0 Å². The molecule has 0 aliphatic carbocycles. The van der Waals surface area contributed by atoms with Gasteiger partial charge in [0.1, 0.15) is 19.8 Å². The maximum Gasteiger partial charge on any atom is 0.472 e. The van der Waals surface area contributed by atoms with Crippen molar-refractivity contribution >= 4 is 19.8 Å². The number of rotatable bonds is 49. The predicted molar refractivity (Wildman–Crippen MR) is 316 cm³/mol. The zero-order valence-corrected chi connectivity index (χ0v) is 47.9. The lowest BCUT2D eigenvalue weighted by Gasteiger charge is -2.24. The van der Waals surface area contributed by atoms with Crippen LogP contribution < -0.4 is 0 Å². The Balaban J connectivity index is 4.34. The highest BCUT2D eigenvalue weighted by molar-refractivity contribution is 7.47. The first-order valence-electron chi connectivity index (χ1n) is 28.2. The maximum absolute atomic E-state index is 12.8. The molecule has 9 nitrogen and oxygen atoms in total. The van der Waals surface area contributed by atoms with Gasteiger partial charge in [-0.2, -0.15) is 0 Å². The van der Waals surface area contributed by atoms with Gasteiger partial charge in [-0.05, 0) is 122 Å². The van der Waals surface area contributed by atoms with Gasteiger partial charge in [0.25, 0.3) is 0 Å². The third kappa shape index (κ3) is 56.9. The molecule has 0 aromatic heterocycles. The molecule has 416 valence electrons. The van der Waals surface area contributed by atoms with Crippen molar-refractivity contribution in [3.05, 3.63) is 158 Å². The van der Waals surface area contributed by atoms with Gasteiger partial charge >= 0.3 is 19.8 Å². The fraction of sp³-hybridized carbons (Fsp3) is 0.562. The van der Waals surface area contributed by atoms with Crippen LogP contribution in [0.15, 0.2) is 158 Å². The monoisotopic (exact) mass is 1040 g/mol.